The Morgan fingerprint density at radius 2 is 1.87 bits per heavy atom. The van der Waals surface area contributed by atoms with Crippen LogP contribution in [-0.2, 0) is 6.54 Å². The summed E-state index contributed by atoms with van der Waals surface area (Å²) < 4.78 is 25.8. The molecule has 0 aliphatic heterocycles. The summed E-state index contributed by atoms with van der Waals surface area (Å²) in [6, 6.07) is 3.66. The smallest absolute Gasteiger partial charge is 0.130 e. The van der Waals surface area contributed by atoms with E-state index in [0.29, 0.717) is 12.1 Å². The Kier molecular flexibility index (Phi) is 3.80. The summed E-state index contributed by atoms with van der Waals surface area (Å²) in [5.74, 6) is -1.02. The van der Waals surface area contributed by atoms with Gasteiger partial charge in [-0.25, -0.2) is 8.78 Å². The maximum Gasteiger partial charge on any atom is 0.130 e. The first-order valence-corrected chi connectivity index (χ1v) is 5.03. The quantitative estimate of drug-likeness (QED) is 0.813. The maximum absolute atomic E-state index is 13.2. The van der Waals surface area contributed by atoms with Crippen molar-refractivity contribution in [2.75, 3.05) is 6.54 Å². The van der Waals surface area contributed by atoms with Gasteiger partial charge in [-0.1, -0.05) is 26.8 Å². The fourth-order valence-corrected chi connectivity index (χ4v) is 1.24. The Hall–Kier alpha value is -0.960. The van der Waals surface area contributed by atoms with E-state index >= 15 is 0 Å². The van der Waals surface area contributed by atoms with Crippen molar-refractivity contribution < 1.29 is 8.78 Å². The van der Waals surface area contributed by atoms with Gasteiger partial charge in [0.15, 0.2) is 0 Å². The summed E-state index contributed by atoms with van der Waals surface area (Å²) in [5, 5.41) is 3.14. The average Bonchev–Trinajstić information content (AvgIpc) is 2.07. The monoisotopic (exact) mass is 213 g/mol. The average molecular weight is 213 g/mol. The molecule has 0 unspecified atom stereocenters. The normalized spacial score (nSPS) is 11.8. The molecule has 1 aromatic carbocycles. The highest BCUT2D eigenvalue weighted by Crippen LogP contribution is 2.12. The van der Waals surface area contributed by atoms with Crippen molar-refractivity contribution in [3.05, 3.63) is 35.4 Å². The van der Waals surface area contributed by atoms with Crippen LogP contribution in [0.2, 0.25) is 0 Å². The second-order valence-corrected chi connectivity index (χ2v) is 4.90. The summed E-state index contributed by atoms with van der Waals surface area (Å²) in [6.45, 7) is 7.52. The number of hydrogen-bond acceptors (Lipinski definition) is 1. The van der Waals surface area contributed by atoms with E-state index in [0.717, 1.165) is 12.6 Å². The third-order valence-electron chi connectivity index (χ3n) is 1.99. The summed E-state index contributed by atoms with van der Waals surface area (Å²) in [4.78, 5) is 0. The first-order chi connectivity index (χ1) is 6.88. The first kappa shape index (κ1) is 12.1. The molecule has 0 saturated carbocycles. The first-order valence-electron chi connectivity index (χ1n) is 5.03. The molecule has 1 N–H and O–H groups in total. The second kappa shape index (κ2) is 4.71. The van der Waals surface area contributed by atoms with Gasteiger partial charge in [-0.05, 0) is 11.5 Å². The topological polar surface area (TPSA) is 12.0 Å². The van der Waals surface area contributed by atoms with Crippen molar-refractivity contribution in [2.24, 2.45) is 5.41 Å². The molecule has 0 radical (unpaired) electrons. The molecule has 0 heterocycles. The molecule has 15 heavy (non-hydrogen) atoms. The van der Waals surface area contributed by atoms with Crippen LogP contribution in [0.3, 0.4) is 0 Å². The van der Waals surface area contributed by atoms with Crippen molar-refractivity contribution in [3.8, 4) is 0 Å². The molecule has 84 valence electrons. The molecule has 1 nitrogen and oxygen atoms in total. The van der Waals surface area contributed by atoms with Gasteiger partial charge in [-0.15, -0.1) is 0 Å². The highest BCUT2D eigenvalue weighted by molar-refractivity contribution is 5.18. The Labute approximate surface area is 89.5 Å². The number of hydrogen-bond donors (Lipinski definition) is 1. The number of nitrogens with one attached hydrogen (secondary N) is 1. The standard InChI is InChI=1S/C12H17F2N/c1-12(2,3)8-15-7-9-4-5-10(13)6-11(9)14/h4-6,15H,7-8H2,1-3H3. The van der Waals surface area contributed by atoms with Crippen LogP contribution in [0.15, 0.2) is 18.2 Å². The minimum Gasteiger partial charge on any atom is -0.312 e. The Morgan fingerprint density at radius 1 is 1.20 bits per heavy atom. The summed E-state index contributed by atoms with van der Waals surface area (Å²) in [6.07, 6.45) is 0. The molecule has 1 rings (SSSR count). The molecule has 0 saturated heterocycles. The zero-order valence-corrected chi connectivity index (χ0v) is 9.40. The lowest BCUT2D eigenvalue weighted by Crippen LogP contribution is -2.26. The van der Waals surface area contributed by atoms with Gasteiger partial charge in [0.1, 0.15) is 11.6 Å². The second-order valence-electron chi connectivity index (χ2n) is 4.90. The van der Waals surface area contributed by atoms with E-state index in [4.69, 9.17) is 0 Å². The van der Waals surface area contributed by atoms with E-state index in [1.165, 1.54) is 12.1 Å². The van der Waals surface area contributed by atoms with Crippen LogP contribution < -0.4 is 5.32 Å². The summed E-state index contributed by atoms with van der Waals surface area (Å²) >= 11 is 0. The lowest BCUT2D eigenvalue weighted by atomic mass is 9.97. The molecule has 0 atom stereocenters. The van der Waals surface area contributed by atoms with Crippen LogP contribution in [0, 0.1) is 17.0 Å². The molecule has 0 aromatic heterocycles. The molecule has 3 heteroatoms. The molecular formula is C12H17F2N. The third-order valence-corrected chi connectivity index (χ3v) is 1.99. The highest BCUT2D eigenvalue weighted by Gasteiger charge is 2.10. The fourth-order valence-electron chi connectivity index (χ4n) is 1.24. The van der Waals surface area contributed by atoms with Gasteiger partial charge in [0.05, 0.1) is 0 Å². The number of rotatable bonds is 3. The van der Waals surface area contributed by atoms with Crippen LogP contribution >= 0.6 is 0 Å². The van der Waals surface area contributed by atoms with Crippen molar-refractivity contribution in [1.29, 1.82) is 0 Å². The van der Waals surface area contributed by atoms with E-state index in [1.54, 1.807) is 0 Å². The van der Waals surface area contributed by atoms with Gasteiger partial charge in [0.25, 0.3) is 0 Å². The summed E-state index contributed by atoms with van der Waals surface area (Å²) in [5.41, 5.74) is 0.664. The molecule has 0 aliphatic rings. The van der Waals surface area contributed by atoms with Gasteiger partial charge < -0.3 is 5.32 Å². The van der Waals surface area contributed by atoms with Gasteiger partial charge >= 0.3 is 0 Å². The van der Waals surface area contributed by atoms with Crippen LogP contribution in [0.4, 0.5) is 8.78 Å². The lowest BCUT2D eigenvalue weighted by molar-refractivity contribution is 0.377. The predicted octanol–water partition coefficient (Wildman–Crippen LogP) is 3.10. The van der Waals surface area contributed by atoms with Gasteiger partial charge in [-0.3, -0.25) is 0 Å². The molecule has 0 bridgehead atoms. The van der Waals surface area contributed by atoms with Crippen LogP contribution in [0.1, 0.15) is 26.3 Å². The van der Waals surface area contributed by atoms with E-state index < -0.39 is 11.6 Å². The Bertz CT molecular complexity index is 329. The van der Waals surface area contributed by atoms with E-state index in [2.05, 4.69) is 26.1 Å². The lowest BCUT2D eigenvalue weighted by Gasteiger charge is -2.18. The van der Waals surface area contributed by atoms with Crippen LogP contribution in [0.5, 0.6) is 0 Å². The van der Waals surface area contributed by atoms with Crippen molar-refractivity contribution >= 4 is 0 Å². The van der Waals surface area contributed by atoms with Crippen molar-refractivity contribution in [1.82, 2.24) is 5.32 Å². The minimum absolute atomic E-state index is 0.163. The zero-order valence-electron chi connectivity index (χ0n) is 9.40. The zero-order chi connectivity index (χ0) is 11.5. The summed E-state index contributed by atoms with van der Waals surface area (Å²) in [7, 11) is 0. The van der Waals surface area contributed by atoms with Gasteiger partial charge in [-0.2, -0.15) is 0 Å². The van der Waals surface area contributed by atoms with Gasteiger partial charge in [0, 0.05) is 24.7 Å². The molecule has 0 spiro atoms. The van der Waals surface area contributed by atoms with E-state index in [9.17, 15) is 8.78 Å². The van der Waals surface area contributed by atoms with E-state index in [-0.39, 0.29) is 5.41 Å². The molecule has 0 amide bonds. The van der Waals surface area contributed by atoms with Crippen molar-refractivity contribution in [2.45, 2.75) is 27.3 Å². The van der Waals surface area contributed by atoms with Crippen LogP contribution in [0.25, 0.3) is 0 Å². The largest absolute Gasteiger partial charge is 0.312 e. The Balaban J connectivity index is 2.51. The SMILES string of the molecule is CC(C)(C)CNCc1ccc(F)cc1F. The van der Waals surface area contributed by atoms with Crippen LogP contribution in [-0.4, -0.2) is 6.54 Å². The predicted molar refractivity (Wildman–Crippen MR) is 57.5 cm³/mol. The molecular weight excluding hydrogens is 196 g/mol. The minimum atomic E-state index is -0.535. The van der Waals surface area contributed by atoms with Crippen molar-refractivity contribution in [3.63, 3.8) is 0 Å². The molecule has 1 aromatic rings. The fraction of sp³-hybridized carbons (Fsp3) is 0.500. The Morgan fingerprint density at radius 3 is 2.40 bits per heavy atom. The highest BCUT2D eigenvalue weighted by atomic mass is 19.1. The third kappa shape index (κ3) is 4.38. The molecule has 0 aliphatic carbocycles. The number of halogens is 2. The van der Waals surface area contributed by atoms with E-state index in [1.807, 2.05) is 0 Å². The molecule has 0 fully saturated rings. The maximum atomic E-state index is 13.2. The van der Waals surface area contributed by atoms with Gasteiger partial charge in [0.2, 0.25) is 0 Å². The number of benzene rings is 1.